The molecule has 0 aliphatic rings. The second-order valence-electron chi connectivity index (χ2n) is 3.12. The summed E-state index contributed by atoms with van der Waals surface area (Å²) in [6.45, 7) is 0.882. The van der Waals surface area contributed by atoms with Crippen molar-refractivity contribution in [1.82, 2.24) is 4.57 Å². The predicted octanol–water partition coefficient (Wildman–Crippen LogP) is 0.672. The number of hydrogen-bond donors (Lipinski definition) is 1. The van der Waals surface area contributed by atoms with Gasteiger partial charge in [-0.1, -0.05) is 0 Å². The summed E-state index contributed by atoms with van der Waals surface area (Å²) < 4.78 is 6.34. The average molecular weight is 245 g/mol. The Hall–Kier alpha value is -1.33. The molecule has 0 saturated carbocycles. The molecule has 5 nitrogen and oxygen atoms in total. The molecule has 0 aliphatic heterocycles. The monoisotopic (exact) mass is 244 g/mol. The van der Waals surface area contributed by atoms with Crippen LogP contribution in [0.25, 0.3) is 0 Å². The van der Waals surface area contributed by atoms with Gasteiger partial charge in [0.05, 0.1) is 12.3 Å². The number of ether oxygens (including phenoxy) is 1. The third-order valence-corrected chi connectivity index (χ3v) is 2.17. The first-order valence-electron chi connectivity index (χ1n) is 4.72. The van der Waals surface area contributed by atoms with Crippen LogP contribution in [-0.2, 0) is 16.1 Å². The Kier molecular flexibility index (Phi) is 5.01. The van der Waals surface area contributed by atoms with Crippen LogP contribution >= 0.6 is 11.6 Å². The number of amides is 1. The van der Waals surface area contributed by atoms with Gasteiger partial charge in [0.2, 0.25) is 5.91 Å². The molecule has 0 spiro atoms. The van der Waals surface area contributed by atoms with Crippen LogP contribution in [0.3, 0.4) is 0 Å². The highest BCUT2D eigenvalue weighted by atomic mass is 35.5. The van der Waals surface area contributed by atoms with Gasteiger partial charge in [0.25, 0.3) is 5.56 Å². The van der Waals surface area contributed by atoms with Crippen molar-refractivity contribution < 1.29 is 9.53 Å². The largest absolute Gasteiger partial charge is 0.383 e. The first-order valence-corrected chi connectivity index (χ1v) is 5.26. The maximum Gasteiger partial charge on any atom is 0.250 e. The van der Waals surface area contributed by atoms with Crippen molar-refractivity contribution in [3.05, 3.63) is 28.7 Å². The summed E-state index contributed by atoms with van der Waals surface area (Å²) in [6.07, 6.45) is 1.56. The quantitative estimate of drug-likeness (QED) is 0.775. The second kappa shape index (κ2) is 6.30. The molecule has 0 atom stereocenters. The van der Waals surface area contributed by atoms with Crippen molar-refractivity contribution in [2.75, 3.05) is 24.9 Å². The molecule has 0 radical (unpaired) electrons. The molecular formula is C10H13ClN2O3. The van der Waals surface area contributed by atoms with E-state index in [2.05, 4.69) is 5.32 Å². The lowest BCUT2D eigenvalue weighted by molar-refractivity contribution is -0.113. The number of rotatable bonds is 5. The van der Waals surface area contributed by atoms with Crippen molar-refractivity contribution in [2.45, 2.75) is 6.54 Å². The Morgan fingerprint density at radius 1 is 1.56 bits per heavy atom. The number of halogens is 1. The summed E-state index contributed by atoms with van der Waals surface area (Å²) in [7, 11) is 1.56. The van der Waals surface area contributed by atoms with E-state index < -0.39 is 0 Å². The van der Waals surface area contributed by atoms with E-state index in [-0.39, 0.29) is 17.3 Å². The zero-order chi connectivity index (χ0) is 12.0. The van der Waals surface area contributed by atoms with Gasteiger partial charge in [-0.3, -0.25) is 9.59 Å². The summed E-state index contributed by atoms with van der Waals surface area (Å²) in [5.74, 6) is -0.421. The minimum absolute atomic E-state index is 0.114. The first kappa shape index (κ1) is 12.7. The number of alkyl halides is 1. The fourth-order valence-corrected chi connectivity index (χ4v) is 1.23. The highest BCUT2D eigenvalue weighted by Crippen LogP contribution is 2.03. The number of aromatic nitrogens is 1. The molecule has 1 heterocycles. The van der Waals surface area contributed by atoms with Gasteiger partial charge in [-0.05, 0) is 6.07 Å². The Morgan fingerprint density at radius 3 is 2.94 bits per heavy atom. The van der Waals surface area contributed by atoms with Gasteiger partial charge in [0.1, 0.15) is 5.88 Å². The molecule has 0 aromatic carbocycles. The molecule has 0 saturated heterocycles. The first-order chi connectivity index (χ1) is 7.67. The van der Waals surface area contributed by atoms with Gasteiger partial charge in [-0.2, -0.15) is 0 Å². The molecule has 0 aliphatic carbocycles. The van der Waals surface area contributed by atoms with E-state index in [0.29, 0.717) is 18.8 Å². The van der Waals surface area contributed by atoms with Crippen LogP contribution in [0.5, 0.6) is 0 Å². The molecular weight excluding hydrogens is 232 g/mol. The summed E-state index contributed by atoms with van der Waals surface area (Å²) >= 11 is 5.36. The average Bonchev–Trinajstić information content (AvgIpc) is 2.29. The number of anilines is 1. The van der Waals surface area contributed by atoms with E-state index in [0.717, 1.165) is 0 Å². The minimum Gasteiger partial charge on any atom is -0.383 e. The molecule has 1 amide bonds. The highest BCUT2D eigenvalue weighted by molar-refractivity contribution is 6.29. The zero-order valence-corrected chi connectivity index (χ0v) is 9.66. The normalized spacial score (nSPS) is 10.1. The summed E-state index contributed by atoms with van der Waals surface area (Å²) in [5.41, 5.74) is 0.405. The second-order valence-corrected chi connectivity index (χ2v) is 3.39. The van der Waals surface area contributed by atoms with Crippen LogP contribution in [0.4, 0.5) is 5.69 Å². The predicted molar refractivity (Wildman–Crippen MR) is 61.9 cm³/mol. The number of pyridine rings is 1. The maximum absolute atomic E-state index is 11.4. The molecule has 16 heavy (non-hydrogen) atoms. The lowest BCUT2D eigenvalue weighted by Crippen LogP contribution is -2.22. The number of nitrogens with one attached hydrogen (secondary N) is 1. The summed E-state index contributed by atoms with van der Waals surface area (Å²) in [4.78, 5) is 22.4. The van der Waals surface area contributed by atoms with Gasteiger partial charge < -0.3 is 14.6 Å². The molecule has 1 aromatic heterocycles. The molecule has 1 N–H and O–H groups in total. The Balaban J connectivity index is 2.80. The van der Waals surface area contributed by atoms with Crippen LogP contribution in [0, 0.1) is 0 Å². The zero-order valence-electron chi connectivity index (χ0n) is 8.90. The lowest BCUT2D eigenvalue weighted by atomic mass is 10.4. The van der Waals surface area contributed by atoms with Gasteiger partial charge >= 0.3 is 0 Å². The standard InChI is InChI=1S/C10H13ClN2O3/c1-16-5-4-13-7-8(2-3-10(13)15)12-9(14)6-11/h2-3,7H,4-6H2,1H3,(H,12,14). The molecule has 0 fully saturated rings. The van der Waals surface area contributed by atoms with E-state index in [1.54, 1.807) is 13.3 Å². The summed E-state index contributed by atoms with van der Waals surface area (Å²) in [6, 6.07) is 2.93. The molecule has 0 unspecified atom stereocenters. The van der Waals surface area contributed by atoms with E-state index in [9.17, 15) is 9.59 Å². The SMILES string of the molecule is COCCn1cc(NC(=O)CCl)ccc1=O. The fraction of sp³-hybridized carbons (Fsp3) is 0.400. The number of methoxy groups -OCH3 is 1. The fourth-order valence-electron chi connectivity index (χ4n) is 1.16. The maximum atomic E-state index is 11.4. The number of nitrogens with zero attached hydrogens (tertiary/aromatic N) is 1. The van der Waals surface area contributed by atoms with Crippen LogP contribution in [0.2, 0.25) is 0 Å². The smallest absolute Gasteiger partial charge is 0.250 e. The summed E-state index contributed by atoms with van der Waals surface area (Å²) in [5, 5.41) is 2.56. The van der Waals surface area contributed by atoms with Gasteiger partial charge in [0.15, 0.2) is 0 Å². The Labute approximate surface area is 98.0 Å². The molecule has 88 valence electrons. The van der Waals surface area contributed by atoms with Gasteiger partial charge in [-0.15, -0.1) is 11.6 Å². The Bertz CT molecular complexity index is 417. The van der Waals surface area contributed by atoms with E-state index in [1.807, 2.05) is 0 Å². The Morgan fingerprint density at radius 2 is 2.31 bits per heavy atom. The molecule has 6 heteroatoms. The highest BCUT2D eigenvalue weighted by Gasteiger charge is 2.02. The molecule has 1 aromatic rings. The number of hydrogen-bond acceptors (Lipinski definition) is 3. The molecule has 0 bridgehead atoms. The third kappa shape index (κ3) is 3.67. The third-order valence-electron chi connectivity index (χ3n) is 1.92. The number of carbonyl (C=O) groups is 1. The lowest BCUT2D eigenvalue weighted by Gasteiger charge is -2.08. The molecule has 1 rings (SSSR count). The van der Waals surface area contributed by atoms with Crippen molar-refractivity contribution in [1.29, 1.82) is 0 Å². The minimum atomic E-state index is -0.307. The van der Waals surface area contributed by atoms with Crippen LogP contribution in [0.15, 0.2) is 23.1 Å². The van der Waals surface area contributed by atoms with Crippen LogP contribution < -0.4 is 10.9 Å². The van der Waals surface area contributed by atoms with Crippen molar-refractivity contribution in [2.24, 2.45) is 0 Å². The van der Waals surface area contributed by atoms with Gasteiger partial charge in [-0.25, -0.2) is 0 Å². The van der Waals surface area contributed by atoms with Crippen LogP contribution in [-0.4, -0.2) is 30.1 Å². The van der Waals surface area contributed by atoms with Crippen molar-refractivity contribution in [3.8, 4) is 0 Å². The van der Waals surface area contributed by atoms with Crippen molar-refractivity contribution >= 4 is 23.2 Å². The van der Waals surface area contributed by atoms with Crippen molar-refractivity contribution in [3.63, 3.8) is 0 Å². The van der Waals surface area contributed by atoms with E-state index in [4.69, 9.17) is 16.3 Å². The van der Waals surface area contributed by atoms with Gasteiger partial charge in [0, 0.05) is 25.9 Å². The topological polar surface area (TPSA) is 60.3 Å². The van der Waals surface area contributed by atoms with E-state index in [1.165, 1.54) is 16.7 Å². The number of carbonyl (C=O) groups excluding carboxylic acids is 1. The van der Waals surface area contributed by atoms with Crippen LogP contribution in [0.1, 0.15) is 0 Å². The van der Waals surface area contributed by atoms with E-state index >= 15 is 0 Å².